The van der Waals surface area contributed by atoms with Gasteiger partial charge in [-0.25, -0.2) is 0 Å². The van der Waals surface area contributed by atoms with Crippen molar-refractivity contribution in [1.82, 2.24) is 0 Å². The van der Waals surface area contributed by atoms with Crippen LogP contribution >= 0.6 is 15.9 Å². The lowest BCUT2D eigenvalue weighted by atomic mass is 10.1. The molecule has 11 heavy (non-hydrogen) atoms. The highest BCUT2D eigenvalue weighted by Gasteiger charge is 2.29. The van der Waals surface area contributed by atoms with Gasteiger partial charge in [0.05, 0.1) is 11.7 Å². The largest absolute Gasteiger partial charge is 0.371 e. The van der Waals surface area contributed by atoms with E-state index in [0.717, 1.165) is 0 Å². The molecule has 66 valence electrons. The molecule has 0 saturated heterocycles. The molecule has 0 spiro atoms. The van der Waals surface area contributed by atoms with Crippen molar-refractivity contribution >= 4 is 15.9 Å². The highest BCUT2D eigenvalue weighted by Crippen LogP contribution is 2.30. The highest BCUT2D eigenvalue weighted by molar-refractivity contribution is 9.09. The molecule has 1 aliphatic carbocycles. The summed E-state index contributed by atoms with van der Waals surface area (Å²) in [6, 6.07) is 0. The van der Waals surface area contributed by atoms with Gasteiger partial charge in [-0.1, -0.05) is 15.9 Å². The van der Waals surface area contributed by atoms with Crippen molar-refractivity contribution in [3.63, 3.8) is 0 Å². The van der Waals surface area contributed by atoms with E-state index in [0.29, 0.717) is 10.9 Å². The lowest BCUT2D eigenvalue weighted by Crippen LogP contribution is -2.29. The molecule has 1 nitrogen and oxygen atoms in total. The van der Waals surface area contributed by atoms with Crippen LogP contribution in [0.25, 0.3) is 0 Å². The van der Waals surface area contributed by atoms with E-state index in [-0.39, 0.29) is 5.60 Å². The van der Waals surface area contributed by atoms with Crippen LogP contribution in [-0.2, 0) is 4.74 Å². The number of hydrogen-bond acceptors (Lipinski definition) is 1. The Morgan fingerprint density at radius 3 is 2.27 bits per heavy atom. The molecule has 0 heterocycles. The van der Waals surface area contributed by atoms with Gasteiger partial charge in [-0.15, -0.1) is 0 Å². The van der Waals surface area contributed by atoms with Gasteiger partial charge < -0.3 is 4.74 Å². The van der Waals surface area contributed by atoms with E-state index >= 15 is 0 Å². The molecular formula is C9H17BrO. The second kappa shape index (κ2) is 3.44. The van der Waals surface area contributed by atoms with Crippen LogP contribution in [0.1, 0.15) is 40.0 Å². The summed E-state index contributed by atoms with van der Waals surface area (Å²) in [6.07, 6.45) is 4.22. The predicted molar refractivity (Wildman–Crippen MR) is 51.2 cm³/mol. The zero-order valence-corrected chi connectivity index (χ0v) is 9.15. The fraction of sp³-hybridized carbons (Fsp3) is 1.00. The molecule has 0 bridgehead atoms. The monoisotopic (exact) mass is 220 g/mol. The Morgan fingerprint density at radius 2 is 1.91 bits per heavy atom. The van der Waals surface area contributed by atoms with Gasteiger partial charge in [-0.05, 0) is 40.0 Å². The minimum Gasteiger partial charge on any atom is -0.371 e. The van der Waals surface area contributed by atoms with E-state index in [4.69, 9.17) is 4.74 Å². The summed E-state index contributed by atoms with van der Waals surface area (Å²) >= 11 is 3.63. The Bertz CT molecular complexity index is 128. The maximum atomic E-state index is 5.86. The first-order valence-electron chi connectivity index (χ1n) is 4.31. The summed E-state index contributed by atoms with van der Waals surface area (Å²) in [7, 11) is 0. The van der Waals surface area contributed by atoms with E-state index in [2.05, 4.69) is 36.7 Å². The first-order chi connectivity index (χ1) is 4.99. The normalized spacial score (nSPS) is 32.7. The minimum absolute atomic E-state index is 0.0149. The summed E-state index contributed by atoms with van der Waals surface area (Å²) in [4.78, 5) is 0.585. The topological polar surface area (TPSA) is 9.23 Å². The minimum atomic E-state index is 0.0149. The number of alkyl halides is 1. The molecule has 1 rings (SSSR count). The van der Waals surface area contributed by atoms with Gasteiger partial charge in [-0.3, -0.25) is 0 Å². The van der Waals surface area contributed by atoms with Crippen LogP contribution in [0.2, 0.25) is 0 Å². The molecule has 0 radical (unpaired) electrons. The molecule has 1 saturated carbocycles. The lowest BCUT2D eigenvalue weighted by Gasteiger charge is -2.26. The molecule has 1 aliphatic rings. The first-order valence-corrected chi connectivity index (χ1v) is 5.22. The van der Waals surface area contributed by atoms with Crippen LogP contribution < -0.4 is 0 Å². The quantitative estimate of drug-likeness (QED) is 0.618. The maximum absolute atomic E-state index is 5.86. The zero-order valence-electron chi connectivity index (χ0n) is 7.56. The van der Waals surface area contributed by atoms with Crippen LogP contribution in [0.3, 0.4) is 0 Å². The third-order valence-corrected chi connectivity index (χ3v) is 2.92. The van der Waals surface area contributed by atoms with E-state index < -0.39 is 0 Å². The molecule has 2 atom stereocenters. The summed E-state index contributed by atoms with van der Waals surface area (Å²) in [5, 5.41) is 0. The second-order valence-corrected chi connectivity index (χ2v) is 5.39. The second-order valence-electron chi connectivity index (χ2n) is 4.22. The molecule has 0 N–H and O–H groups in total. The molecule has 0 aliphatic heterocycles. The van der Waals surface area contributed by atoms with Gasteiger partial charge in [0.2, 0.25) is 0 Å². The molecule has 1 fully saturated rings. The number of rotatable bonds is 1. The van der Waals surface area contributed by atoms with Crippen molar-refractivity contribution in [3.8, 4) is 0 Å². The van der Waals surface area contributed by atoms with Crippen LogP contribution in [-0.4, -0.2) is 16.5 Å². The summed E-state index contributed by atoms with van der Waals surface area (Å²) < 4.78 is 5.86. The first kappa shape index (κ1) is 9.53. The maximum Gasteiger partial charge on any atom is 0.0707 e. The van der Waals surface area contributed by atoms with Crippen molar-refractivity contribution in [3.05, 3.63) is 0 Å². The smallest absolute Gasteiger partial charge is 0.0707 e. The van der Waals surface area contributed by atoms with Crippen LogP contribution in [0.4, 0.5) is 0 Å². The standard InChI is InChI=1S/C9H17BrO/c1-9(2,3)11-8-6-4-5-7(8)10/h7-8H,4-6H2,1-3H3. The number of halogens is 1. The van der Waals surface area contributed by atoms with Gasteiger partial charge in [0.1, 0.15) is 0 Å². The molecule has 0 aromatic carbocycles. The SMILES string of the molecule is CC(C)(C)OC1CCCC1Br. The van der Waals surface area contributed by atoms with Crippen LogP contribution in [0, 0.1) is 0 Å². The molecule has 2 heteroatoms. The molecule has 0 amide bonds. The Kier molecular flexibility index (Phi) is 2.98. The third kappa shape index (κ3) is 3.12. The van der Waals surface area contributed by atoms with E-state index in [1.165, 1.54) is 19.3 Å². The molecule has 0 aromatic rings. The van der Waals surface area contributed by atoms with Crippen molar-refractivity contribution in [2.45, 2.75) is 56.6 Å². The number of hydrogen-bond donors (Lipinski definition) is 0. The van der Waals surface area contributed by atoms with E-state index in [1.807, 2.05) is 0 Å². The van der Waals surface area contributed by atoms with Gasteiger partial charge in [0.25, 0.3) is 0 Å². The Balaban J connectivity index is 2.37. The Labute approximate surface area is 77.6 Å². The van der Waals surface area contributed by atoms with Crippen LogP contribution in [0.15, 0.2) is 0 Å². The van der Waals surface area contributed by atoms with Gasteiger partial charge in [0.15, 0.2) is 0 Å². The van der Waals surface area contributed by atoms with Gasteiger partial charge >= 0.3 is 0 Å². The van der Waals surface area contributed by atoms with E-state index in [1.54, 1.807) is 0 Å². The fourth-order valence-electron chi connectivity index (χ4n) is 1.47. The summed E-state index contributed by atoms with van der Waals surface area (Å²) in [5.74, 6) is 0. The Hall–Kier alpha value is 0.440. The molecular weight excluding hydrogens is 204 g/mol. The predicted octanol–water partition coefficient (Wildman–Crippen LogP) is 3.12. The fourth-order valence-corrected chi connectivity index (χ4v) is 2.16. The lowest BCUT2D eigenvalue weighted by molar-refractivity contribution is -0.0528. The molecule has 2 unspecified atom stereocenters. The van der Waals surface area contributed by atoms with Gasteiger partial charge in [0, 0.05) is 4.83 Å². The van der Waals surface area contributed by atoms with Crippen molar-refractivity contribution in [1.29, 1.82) is 0 Å². The average Bonchev–Trinajstić information content (AvgIpc) is 2.12. The van der Waals surface area contributed by atoms with Gasteiger partial charge in [-0.2, -0.15) is 0 Å². The Morgan fingerprint density at radius 1 is 1.27 bits per heavy atom. The summed E-state index contributed by atoms with van der Waals surface area (Å²) in [6.45, 7) is 6.35. The summed E-state index contributed by atoms with van der Waals surface area (Å²) in [5.41, 5.74) is 0.0149. The van der Waals surface area contributed by atoms with E-state index in [9.17, 15) is 0 Å². The number of ether oxygens (including phenoxy) is 1. The van der Waals surface area contributed by atoms with Crippen molar-refractivity contribution in [2.75, 3.05) is 0 Å². The zero-order chi connectivity index (χ0) is 8.48. The van der Waals surface area contributed by atoms with Crippen LogP contribution in [0.5, 0.6) is 0 Å². The third-order valence-electron chi connectivity index (χ3n) is 1.88. The molecule has 0 aromatic heterocycles. The van der Waals surface area contributed by atoms with Crippen molar-refractivity contribution < 1.29 is 4.74 Å². The average molecular weight is 221 g/mol. The highest BCUT2D eigenvalue weighted by atomic mass is 79.9. The van der Waals surface area contributed by atoms with Crippen molar-refractivity contribution in [2.24, 2.45) is 0 Å².